The van der Waals surface area contributed by atoms with Crippen LogP contribution in [0.2, 0.25) is 0 Å². The van der Waals surface area contributed by atoms with Crippen LogP contribution in [0.15, 0.2) is 29.8 Å². The van der Waals surface area contributed by atoms with Crippen molar-refractivity contribution < 1.29 is 29.2 Å². The smallest absolute Gasteiger partial charge is 0.247 e. The molecule has 124 valence electrons. The summed E-state index contributed by atoms with van der Waals surface area (Å²) in [6, 6.07) is 4.11. The molecule has 4 N–H and O–H groups in total. The first-order valence-electron chi connectivity index (χ1n) is 7.44. The number of halogens is 1. The molecule has 0 bridgehead atoms. The Morgan fingerprint density at radius 1 is 1.30 bits per heavy atom. The zero-order valence-corrected chi connectivity index (χ0v) is 12.3. The highest BCUT2D eigenvalue weighted by Gasteiger charge is 2.33. The van der Waals surface area contributed by atoms with Crippen LogP contribution >= 0.6 is 0 Å². The van der Waals surface area contributed by atoms with Gasteiger partial charge in [0.1, 0.15) is 12.2 Å². The van der Waals surface area contributed by atoms with Crippen molar-refractivity contribution >= 4 is 5.91 Å². The SMILES string of the molecule is O=C(N[C@H]1CCOc2c(F)cccc21)C1=C[C@@H](O)[C@@H](O)[C@H](O)C1. The van der Waals surface area contributed by atoms with Gasteiger partial charge in [0.15, 0.2) is 11.6 Å². The van der Waals surface area contributed by atoms with E-state index < -0.39 is 36.1 Å². The van der Waals surface area contributed by atoms with Crippen molar-refractivity contribution in [2.75, 3.05) is 6.61 Å². The maximum atomic E-state index is 13.7. The number of aliphatic hydroxyl groups excluding tert-OH is 3. The van der Waals surface area contributed by atoms with Crippen LogP contribution in [0.25, 0.3) is 0 Å². The van der Waals surface area contributed by atoms with Crippen LogP contribution in [0.5, 0.6) is 5.75 Å². The van der Waals surface area contributed by atoms with Crippen molar-refractivity contribution in [2.45, 2.75) is 37.2 Å². The molecule has 3 rings (SSSR count). The van der Waals surface area contributed by atoms with E-state index in [1.807, 2.05) is 0 Å². The molecule has 23 heavy (non-hydrogen) atoms. The van der Waals surface area contributed by atoms with Gasteiger partial charge >= 0.3 is 0 Å². The minimum Gasteiger partial charge on any atom is -0.490 e. The first-order chi connectivity index (χ1) is 11.0. The second-order valence-electron chi connectivity index (χ2n) is 5.77. The molecule has 7 heteroatoms. The largest absolute Gasteiger partial charge is 0.490 e. The molecule has 2 aliphatic rings. The van der Waals surface area contributed by atoms with E-state index in [0.717, 1.165) is 0 Å². The molecule has 4 atom stereocenters. The Balaban J connectivity index is 1.77. The summed E-state index contributed by atoms with van der Waals surface area (Å²) in [5.41, 5.74) is 0.752. The summed E-state index contributed by atoms with van der Waals surface area (Å²) < 4.78 is 19.0. The molecule has 1 aliphatic heterocycles. The van der Waals surface area contributed by atoms with Crippen LogP contribution in [0.3, 0.4) is 0 Å². The Labute approximate surface area is 132 Å². The Hall–Kier alpha value is -1.96. The second-order valence-corrected chi connectivity index (χ2v) is 5.77. The third-order valence-corrected chi connectivity index (χ3v) is 4.17. The van der Waals surface area contributed by atoms with E-state index in [4.69, 9.17) is 4.74 Å². The number of hydrogen-bond donors (Lipinski definition) is 4. The summed E-state index contributed by atoms with van der Waals surface area (Å²) in [5.74, 6) is -0.804. The highest BCUT2D eigenvalue weighted by Crippen LogP contribution is 2.34. The van der Waals surface area contributed by atoms with Crippen molar-refractivity contribution in [3.8, 4) is 5.75 Å². The third-order valence-electron chi connectivity index (χ3n) is 4.17. The number of nitrogens with one attached hydrogen (secondary N) is 1. The van der Waals surface area contributed by atoms with Crippen molar-refractivity contribution in [2.24, 2.45) is 0 Å². The van der Waals surface area contributed by atoms with Crippen LogP contribution in [-0.4, -0.2) is 46.1 Å². The van der Waals surface area contributed by atoms with Crippen LogP contribution in [0.1, 0.15) is 24.4 Å². The van der Waals surface area contributed by atoms with Gasteiger partial charge in [-0.15, -0.1) is 0 Å². The molecule has 0 saturated heterocycles. The van der Waals surface area contributed by atoms with Crippen LogP contribution in [0.4, 0.5) is 4.39 Å². The van der Waals surface area contributed by atoms with Gasteiger partial charge in [0.2, 0.25) is 5.91 Å². The first kappa shape index (κ1) is 15.9. The number of rotatable bonds is 2. The Bertz CT molecular complexity index is 647. The maximum absolute atomic E-state index is 13.7. The van der Waals surface area contributed by atoms with Crippen molar-refractivity contribution in [3.63, 3.8) is 0 Å². The highest BCUT2D eigenvalue weighted by atomic mass is 19.1. The molecule has 0 unspecified atom stereocenters. The number of ether oxygens (including phenoxy) is 1. The fourth-order valence-electron chi connectivity index (χ4n) is 2.90. The molecule has 0 saturated carbocycles. The van der Waals surface area contributed by atoms with Gasteiger partial charge in [-0.1, -0.05) is 12.1 Å². The van der Waals surface area contributed by atoms with Gasteiger partial charge < -0.3 is 25.4 Å². The molecule has 1 aromatic carbocycles. The van der Waals surface area contributed by atoms with Gasteiger partial charge in [-0.2, -0.15) is 0 Å². The van der Waals surface area contributed by atoms with Crippen LogP contribution in [-0.2, 0) is 4.79 Å². The lowest BCUT2D eigenvalue weighted by molar-refractivity contribution is -0.120. The molecule has 6 nitrogen and oxygen atoms in total. The van der Waals surface area contributed by atoms with Crippen molar-refractivity contribution in [3.05, 3.63) is 41.2 Å². The van der Waals surface area contributed by atoms with Gasteiger partial charge in [-0.25, -0.2) is 4.39 Å². The standard InChI is InChI=1S/C16H18FNO5/c17-10-3-1-2-9-11(4-5-23-15(9)10)18-16(22)8-6-12(19)14(21)13(20)7-8/h1-3,6,11-14,19-21H,4-5,7H2,(H,18,22)/t11-,12+,13+,14+/m0/s1. The quantitative estimate of drug-likeness (QED) is 0.622. The molecule has 1 amide bonds. The summed E-state index contributed by atoms with van der Waals surface area (Å²) in [4.78, 5) is 12.3. The lowest BCUT2D eigenvalue weighted by atomic mass is 9.91. The lowest BCUT2D eigenvalue weighted by Gasteiger charge is -2.30. The van der Waals surface area contributed by atoms with E-state index in [1.165, 1.54) is 12.1 Å². The zero-order valence-electron chi connectivity index (χ0n) is 12.3. The van der Waals surface area contributed by atoms with E-state index >= 15 is 0 Å². The Morgan fingerprint density at radius 3 is 2.83 bits per heavy atom. The van der Waals surface area contributed by atoms with Gasteiger partial charge in [0.25, 0.3) is 0 Å². The third kappa shape index (κ3) is 3.08. The summed E-state index contributed by atoms with van der Waals surface area (Å²) in [6.45, 7) is 0.280. The lowest BCUT2D eigenvalue weighted by Crippen LogP contribution is -2.43. The van der Waals surface area contributed by atoms with Crippen LogP contribution < -0.4 is 10.1 Å². The molecule has 1 heterocycles. The average Bonchev–Trinajstić information content (AvgIpc) is 2.53. The van der Waals surface area contributed by atoms with Gasteiger partial charge in [-0.05, 0) is 12.1 Å². The molecule has 1 aromatic rings. The molecule has 1 aliphatic carbocycles. The summed E-state index contributed by atoms with van der Waals surface area (Å²) in [5, 5.41) is 31.6. The van der Waals surface area contributed by atoms with E-state index in [2.05, 4.69) is 5.32 Å². The summed E-state index contributed by atoms with van der Waals surface area (Å²) in [7, 11) is 0. The average molecular weight is 323 g/mol. The maximum Gasteiger partial charge on any atom is 0.247 e. The molecule has 0 radical (unpaired) electrons. The number of carbonyl (C=O) groups excluding carboxylic acids is 1. The normalized spacial score (nSPS) is 30.0. The molecule has 0 fully saturated rings. The molecule has 0 aromatic heterocycles. The summed E-state index contributed by atoms with van der Waals surface area (Å²) >= 11 is 0. The van der Waals surface area contributed by atoms with E-state index in [9.17, 15) is 24.5 Å². The highest BCUT2D eigenvalue weighted by molar-refractivity contribution is 5.94. The predicted molar refractivity (Wildman–Crippen MR) is 78.1 cm³/mol. The number of hydrogen-bond acceptors (Lipinski definition) is 5. The monoisotopic (exact) mass is 323 g/mol. The molecular weight excluding hydrogens is 305 g/mol. The minimum atomic E-state index is -1.30. The van der Waals surface area contributed by atoms with Gasteiger partial charge in [-0.3, -0.25) is 4.79 Å². The van der Waals surface area contributed by atoms with E-state index in [1.54, 1.807) is 12.1 Å². The molecule has 0 spiro atoms. The van der Waals surface area contributed by atoms with Gasteiger partial charge in [0.05, 0.1) is 18.8 Å². The first-order valence-corrected chi connectivity index (χ1v) is 7.44. The summed E-state index contributed by atoms with van der Waals surface area (Å²) in [6.07, 6.45) is -2.12. The number of carbonyl (C=O) groups is 1. The Kier molecular flexibility index (Phi) is 4.34. The zero-order chi connectivity index (χ0) is 16.6. The van der Waals surface area contributed by atoms with Gasteiger partial charge in [0, 0.05) is 24.0 Å². The minimum absolute atomic E-state index is 0.0523. The number of aliphatic hydroxyl groups is 3. The Morgan fingerprint density at radius 2 is 2.09 bits per heavy atom. The molecular formula is C16H18FNO5. The fraction of sp³-hybridized carbons (Fsp3) is 0.438. The van der Waals surface area contributed by atoms with Crippen molar-refractivity contribution in [1.82, 2.24) is 5.32 Å². The fourth-order valence-corrected chi connectivity index (χ4v) is 2.90. The van der Waals surface area contributed by atoms with Crippen LogP contribution in [0, 0.1) is 5.82 Å². The topological polar surface area (TPSA) is 99.0 Å². The number of amides is 1. The van der Waals surface area contributed by atoms with E-state index in [0.29, 0.717) is 12.0 Å². The number of para-hydroxylation sites is 1. The van der Waals surface area contributed by atoms with Crippen molar-refractivity contribution in [1.29, 1.82) is 0 Å². The second kappa shape index (κ2) is 6.27. The number of benzene rings is 1. The number of fused-ring (bicyclic) bond motifs is 1. The van der Waals surface area contributed by atoms with E-state index in [-0.39, 0.29) is 24.4 Å². The predicted octanol–water partition coefficient (Wildman–Crippen LogP) is 0.178.